The summed E-state index contributed by atoms with van der Waals surface area (Å²) >= 11 is 0. The number of amides is 1. The van der Waals surface area contributed by atoms with Crippen molar-refractivity contribution in [3.05, 3.63) is 34.6 Å². The first-order valence-electron chi connectivity index (χ1n) is 5.62. The van der Waals surface area contributed by atoms with Crippen molar-refractivity contribution in [2.24, 2.45) is 11.7 Å². The van der Waals surface area contributed by atoms with Crippen molar-refractivity contribution >= 4 is 5.91 Å². The van der Waals surface area contributed by atoms with Crippen LogP contribution in [0.4, 0.5) is 0 Å². The molecule has 0 aromatic rings. The zero-order valence-electron chi connectivity index (χ0n) is 9.05. The molecule has 84 valence electrons. The maximum absolute atomic E-state index is 11.2. The number of hydrazine groups is 1. The molecular weight excluding hydrogens is 202 g/mol. The third-order valence-electron chi connectivity index (χ3n) is 3.58. The van der Waals surface area contributed by atoms with Gasteiger partial charge in [0.15, 0.2) is 0 Å². The molecule has 0 radical (unpaired) electrons. The summed E-state index contributed by atoms with van der Waals surface area (Å²) in [6.45, 7) is 0.914. The Bertz CT molecular complexity index is 445. The molecule has 1 amide bonds. The Morgan fingerprint density at radius 3 is 3.06 bits per heavy atom. The van der Waals surface area contributed by atoms with E-state index in [1.165, 1.54) is 22.4 Å². The van der Waals surface area contributed by atoms with Crippen LogP contribution in [0, 0.1) is 5.92 Å². The Balaban J connectivity index is 1.82. The fourth-order valence-electron chi connectivity index (χ4n) is 2.62. The van der Waals surface area contributed by atoms with Crippen LogP contribution in [0.2, 0.25) is 0 Å². The number of nitrogens with one attached hydrogen (secondary N) is 2. The fourth-order valence-corrected chi connectivity index (χ4v) is 2.62. The molecule has 1 unspecified atom stereocenters. The molecule has 0 saturated carbocycles. The molecule has 1 heterocycles. The highest BCUT2D eigenvalue weighted by Gasteiger charge is 2.27. The van der Waals surface area contributed by atoms with Crippen molar-refractivity contribution in [1.82, 2.24) is 10.9 Å². The van der Waals surface area contributed by atoms with Gasteiger partial charge in [0.2, 0.25) is 5.91 Å². The third-order valence-corrected chi connectivity index (χ3v) is 3.58. The Morgan fingerprint density at radius 2 is 2.25 bits per heavy atom. The van der Waals surface area contributed by atoms with Crippen LogP contribution in [-0.4, -0.2) is 12.5 Å². The average Bonchev–Trinajstić information content (AvgIpc) is 2.71. The van der Waals surface area contributed by atoms with Gasteiger partial charge >= 0.3 is 0 Å². The summed E-state index contributed by atoms with van der Waals surface area (Å²) in [6, 6.07) is 0. The van der Waals surface area contributed by atoms with Crippen LogP contribution in [-0.2, 0) is 4.79 Å². The van der Waals surface area contributed by atoms with Gasteiger partial charge in [-0.3, -0.25) is 4.79 Å². The highest BCUT2D eigenvalue weighted by atomic mass is 16.1. The van der Waals surface area contributed by atoms with Crippen molar-refractivity contribution in [2.75, 3.05) is 6.54 Å². The quantitative estimate of drug-likeness (QED) is 0.599. The molecule has 4 nitrogen and oxygen atoms in total. The van der Waals surface area contributed by atoms with E-state index < -0.39 is 0 Å². The Labute approximate surface area is 94.2 Å². The molecule has 1 aliphatic heterocycles. The molecule has 4 heteroatoms. The minimum Gasteiger partial charge on any atom is -0.369 e. The lowest BCUT2D eigenvalue weighted by Gasteiger charge is -2.25. The monoisotopic (exact) mass is 217 g/mol. The van der Waals surface area contributed by atoms with E-state index in [0.717, 1.165) is 25.8 Å². The van der Waals surface area contributed by atoms with E-state index in [9.17, 15) is 4.79 Å². The minimum atomic E-state index is -0.217. The van der Waals surface area contributed by atoms with Crippen molar-refractivity contribution in [2.45, 2.75) is 19.3 Å². The molecule has 0 aromatic heterocycles. The Hall–Kier alpha value is -1.55. The Morgan fingerprint density at radius 1 is 1.38 bits per heavy atom. The van der Waals surface area contributed by atoms with Gasteiger partial charge in [0.1, 0.15) is 0 Å². The molecule has 0 fully saturated rings. The normalized spacial score (nSPS) is 27.6. The second kappa shape index (κ2) is 3.49. The standard InChI is InChI=1S/C12H15N3O/c13-12(16)8-2-1-7-5-11-10(6-14-15-11)4-9(7)3-8/h1-2,8,14-15H,3-6H2,(H2,13,16). The van der Waals surface area contributed by atoms with Crippen molar-refractivity contribution in [3.63, 3.8) is 0 Å². The van der Waals surface area contributed by atoms with Gasteiger partial charge in [0.25, 0.3) is 0 Å². The first-order valence-corrected chi connectivity index (χ1v) is 5.62. The zero-order valence-corrected chi connectivity index (χ0v) is 9.05. The maximum atomic E-state index is 11.2. The van der Waals surface area contributed by atoms with Gasteiger partial charge in [-0.15, -0.1) is 0 Å². The number of allylic oxidation sites excluding steroid dienone is 3. The molecule has 0 spiro atoms. The van der Waals surface area contributed by atoms with E-state index in [-0.39, 0.29) is 11.8 Å². The van der Waals surface area contributed by atoms with E-state index in [0.29, 0.717) is 0 Å². The molecule has 3 aliphatic rings. The second-order valence-corrected chi connectivity index (χ2v) is 4.62. The van der Waals surface area contributed by atoms with Crippen molar-refractivity contribution in [3.8, 4) is 0 Å². The van der Waals surface area contributed by atoms with Crippen molar-refractivity contribution < 1.29 is 4.79 Å². The van der Waals surface area contributed by atoms with Gasteiger partial charge in [-0.25, -0.2) is 5.43 Å². The first-order chi connectivity index (χ1) is 7.74. The van der Waals surface area contributed by atoms with Gasteiger partial charge in [-0.05, 0) is 24.0 Å². The molecule has 0 bridgehead atoms. The smallest absolute Gasteiger partial charge is 0.224 e. The molecule has 2 aliphatic carbocycles. The van der Waals surface area contributed by atoms with E-state index in [1.54, 1.807) is 0 Å². The number of rotatable bonds is 1. The van der Waals surface area contributed by atoms with Crippen LogP contribution in [0.25, 0.3) is 0 Å². The fraction of sp³-hybridized carbons (Fsp3) is 0.417. The molecule has 16 heavy (non-hydrogen) atoms. The van der Waals surface area contributed by atoms with Gasteiger partial charge < -0.3 is 11.2 Å². The maximum Gasteiger partial charge on any atom is 0.224 e. The van der Waals surface area contributed by atoms with E-state index >= 15 is 0 Å². The average molecular weight is 217 g/mol. The number of hydrogen-bond acceptors (Lipinski definition) is 3. The first kappa shape index (κ1) is 9.66. The zero-order chi connectivity index (χ0) is 11.1. The van der Waals surface area contributed by atoms with Crippen LogP contribution in [0.3, 0.4) is 0 Å². The third kappa shape index (κ3) is 1.46. The summed E-state index contributed by atoms with van der Waals surface area (Å²) in [5.74, 6) is -0.325. The predicted molar refractivity (Wildman–Crippen MR) is 60.9 cm³/mol. The number of primary amides is 1. The van der Waals surface area contributed by atoms with E-state index in [4.69, 9.17) is 5.73 Å². The van der Waals surface area contributed by atoms with Crippen LogP contribution in [0.1, 0.15) is 19.3 Å². The Kier molecular flexibility index (Phi) is 2.11. The molecule has 3 rings (SSSR count). The lowest BCUT2D eigenvalue weighted by molar-refractivity contribution is -0.120. The summed E-state index contributed by atoms with van der Waals surface area (Å²) in [6.07, 6.45) is 6.75. The minimum absolute atomic E-state index is 0.108. The highest BCUT2D eigenvalue weighted by molar-refractivity contribution is 5.79. The predicted octanol–water partition coefficient (Wildman–Crippen LogP) is 0.500. The molecule has 1 atom stereocenters. The van der Waals surface area contributed by atoms with Gasteiger partial charge in [0.05, 0.1) is 5.92 Å². The van der Waals surface area contributed by atoms with Gasteiger partial charge in [-0.1, -0.05) is 17.7 Å². The molecule has 4 N–H and O–H groups in total. The summed E-state index contributed by atoms with van der Waals surface area (Å²) in [5, 5.41) is 0. The second-order valence-electron chi connectivity index (χ2n) is 4.62. The lowest BCUT2D eigenvalue weighted by atomic mass is 9.80. The van der Waals surface area contributed by atoms with Crippen LogP contribution in [0.5, 0.6) is 0 Å². The van der Waals surface area contributed by atoms with Crippen LogP contribution in [0.15, 0.2) is 34.6 Å². The van der Waals surface area contributed by atoms with Crippen molar-refractivity contribution in [1.29, 1.82) is 0 Å². The lowest BCUT2D eigenvalue weighted by Crippen LogP contribution is -2.25. The molecule has 0 aromatic carbocycles. The largest absolute Gasteiger partial charge is 0.369 e. The van der Waals surface area contributed by atoms with E-state index in [1.807, 2.05) is 6.08 Å². The topological polar surface area (TPSA) is 67.2 Å². The number of carbonyl (C=O) groups excluding carboxylic acids is 1. The molecular formula is C12H15N3O. The number of carbonyl (C=O) groups is 1. The van der Waals surface area contributed by atoms with Gasteiger partial charge in [0, 0.05) is 18.7 Å². The molecule has 0 saturated heterocycles. The van der Waals surface area contributed by atoms with Gasteiger partial charge in [-0.2, -0.15) is 0 Å². The summed E-state index contributed by atoms with van der Waals surface area (Å²) in [4.78, 5) is 11.2. The SMILES string of the molecule is NC(=O)C1C=CC2=C(CC3=C(C2)NNC3)C1. The summed E-state index contributed by atoms with van der Waals surface area (Å²) < 4.78 is 0. The van der Waals surface area contributed by atoms with E-state index in [2.05, 4.69) is 16.9 Å². The number of hydrogen-bond donors (Lipinski definition) is 3. The van der Waals surface area contributed by atoms with Crippen LogP contribution >= 0.6 is 0 Å². The highest BCUT2D eigenvalue weighted by Crippen LogP contribution is 2.37. The summed E-state index contributed by atoms with van der Waals surface area (Å²) in [5.41, 5.74) is 17.2. The number of nitrogens with two attached hydrogens (primary N) is 1. The van der Waals surface area contributed by atoms with Crippen LogP contribution < -0.4 is 16.6 Å². The summed E-state index contributed by atoms with van der Waals surface area (Å²) in [7, 11) is 0.